The Labute approximate surface area is 149 Å². The van der Waals surface area contributed by atoms with Crippen molar-refractivity contribution in [3.05, 3.63) is 36.0 Å². The zero-order chi connectivity index (χ0) is 18.9. The fourth-order valence-electron chi connectivity index (χ4n) is 1.73. The van der Waals surface area contributed by atoms with Crippen LogP contribution in [0, 0.1) is 5.41 Å². The number of aliphatic hydroxyl groups is 1. The molecule has 0 radical (unpaired) electrons. The summed E-state index contributed by atoms with van der Waals surface area (Å²) in [6.07, 6.45) is 1.65. The number of amidine groups is 1. The average Bonchev–Trinajstić information content (AvgIpc) is 2.52. The summed E-state index contributed by atoms with van der Waals surface area (Å²) in [6, 6.07) is 6.70. The minimum Gasteiger partial charge on any atom is -0.491 e. The topological polar surface area (TPSA) is 109 Å². The summed E-state index contributed by atoms with van der Waals surface area (Å²) in [7, 11) is 0. The minimum absolute atomic E-state index is 0.0671. The molecule has 0 aliphatic rings. The maximum absolute atomic E-state index is 11.9. The molecule has 0 atom stereocenters. The molecule has 0 saturated heterocycles. The molecule has 7 nitrogen and oxygen atoms in total. The zero-order valence-electron chi connectivity index (χ0n) is 15.3. The Balaban J connectivity index is 3.13. The fourth-order valence-corrected chi connectivity index (χ4v) is 1.73. The minimum atomic E-state index is -0.355. The molecule has 5 N–H and O–H groups in total. The number of rotatable bonds is 6. The van der Waals surface area contributed by atoms with Crippen LogP contribution in [0.5, 0.6) is 5.75 Å². The first-order valence-corrected chi connectivity index (χ1v) is 8.21. The third kappa shape index (κ3) is 7.71. The van der Waals surface area contributed by atoms with E-state index in [0.29, 0.717) is 29.5 Å². The van der Waals surface area contributed by atoms with Crippen LogP contribution in [-0.2, 0) is 0 Å². The maximum atomic E-state index is 11.9. The second kappa shape index (κ2) is 9.68. The van der Waals surface area contributed by atoms with Crippen LogP contribution in [0.3, 0.4) is 0 Å². The second-order valence-corrected chi connectivity index (χ2v) is 6.40. The van der Waals surface area contributed by atoms with Gasteiger partial charge in [-0.2, -0.15) is 0 Å². The molecule has 25 heavy (non-hydrogen) atoms. The molecular formula is C18H28N4O3. The molecule has 0 bridgehead atoms. The largest absolute Gasteiger partial charge is 0.491 e. The number of carbonyl (C=O) groups excluding carboxylic acids is 1. The molecule has 0 fully saturated rings. The predicted molar refractivity (Wildman–Crippen MR) is 100 cm³/mol. The highest BCUT2D eigenvalue weighted by Gasteiger charge is 2.15. The van der Waals surface area contributed by atoms with Gasteiger partial charge < -0.3 is 20.9 Å². The van der Waals surface area contributed by atoms with Crippen molar-refractivity contribution in [1.29, 1.82) is 0 Å². The Morgan fingerprint density at radius 1 is 1.40 bits per heavy atom. The van der Waals surface area contributed by atoms with Gasteiger partial charge in [0.1, 0.15) is 18.2 Å². The van der Waals surface area contributed by atoms with Gasteiger partial charge in [0.2, 0.25) is 0 Å². The molecule has 1 aromatic carbocycles. The van der Waals surface area contributed by atoms with Crippen molar-refractivity contribution >= 4 is 17.6 Å². The molecule has 0 heterocycles. The summed E-state index contributed by atoms with van der Waals surface area (Å²) in [5, 5.41) is 14.2. The molecule has 138 valence electrons. The zero-order valence-corrected chi connectivity index (χ0v) is 15.3. The third-order valence-corrected chi connectivity index (χ3v) is 3.16. The lowest BCUT2D eigenvalue weighted by molar-refractivity contribution is 0.201. The number of aliphatic hydroxyl groups excluding tert-OH is 1. The van der Waals surface area contributed by atoms with Crippen LogP contribution >= 0.6 is 0 Å². The van der Waals surface area contributed by atoms with E-state index in [2.05, 4.69) is 15.6 Å². The quantitative estimate of drug-likeness (QED) is 0.467. The summed E-state index contributed by atoms with van der Waals surface area (Å²) in [4.78, 5) is 16.3. The molecule has 0 unspecified atom stereocenters. The molecule has 0 aliphatic carbocycles. The number of nitrogens with one attached hydrogen (secondary N) is 2. The van der Waals surface area contributed by atoms with Crippen LogP contribution in [0.1, 0.15) is 27.7 Å². The Morgan fingerprint density at radius 2 is 2.12 bits per heavy atom. The van der Waals surface area contributed by atoms with E-state index in [9.17, 15) is 4.79 Å². The van der Waals surface area contributed by atoms with Gasteiger partial charge >= 0.3 is 6.03 Å². The molecule has 1 aromatic rings. The Kier molecular flexibility index (Phi) is 7.94. The van der Waals surface area contributed by atoms with E-state index in [-0.39, 0.29) is 24.7 Å². The van der Waals surface area contributed by atoms with E-state index < -0.39 is 0 Å². The summed E-state index contributed by atoms with van der Waals surface area (Å²) in [5.41, 5.74) is 7.04. The number of ether oxygens (including phenoxy) is 1. The Bertz CT molecular complexity index is 633. The predicted octanol–water partition coefficient (Wildman–Crippen LogP) is 2.30. The molecule has 0 spiro atoms. The summed E-state index contributed by atoms with van der Waals surface area (Å²) < 4.78 is 5.37. The van der Waals surface area contributed by atoms with Gasteiger partial charge in [0.25, 0.3) is 0 Å². The lowest BCUT2D eigenvalue weighted by Crippen LogP contribution is -2.39. The van der Waals surface area contributed by atoms with Crippen LogP contribution in [0.15, 0.2) is 41.0 Å². The van der Waals surface area contributed by atoms with Gasteiger partial charge in [-0.25, -0.2) is 9.79 Å². The van der Waals surface area contributed by atoms with Crippen LogP contribution in [0.2, 0.25) is 0 Å². The van der Waals surface area contributed by atoms with Crippen molar-refractivity contribution in [2.24, 2.45) is 16.1 Å². The Hall–Kier alpha value is -2.54. The number of hydrogen-bond acceptors (Lipinski definition) is 5. The van der Waals surface area contributed by atoms with E-state index >= 15 is 0 Å². The van der Waals surface area contributed by atoms with E-state index in [4.69, 9.17) is 15.6 Å². The molecule has 0 saturated carbocycles. The Morgan fingerprint density at radius 3 is 2.72 bits per heavy atom. The van der Waals surface area contributed by atoms with Gasteiger partial charge in [-0.05, 0) is 19.1 Å². The van der Waals surface area contributed by atoms with E-state index in [1.54, 1.807) is 30.3 Å². The smallest absolute Gasteiger partial charge is 0.320 e. The van der Waals surface area contributed by atoms with Crippen molar-refractivity contribution in [2.75, 3.05) is 19.8 Å². The fraction of sp³-hybridized carbons (Fsp3) is 0.444. The molecule has 1 rings (SSSR count). The maximum Gasteiger partial charge on any atom is 0.320 e. The monoisotopic (exact) mass is 348 g/mol. The van der Waals surface area contributed by atoms with Gasteiger partial charge in [-0.1, -0.05) is 26.8 Å². The number of benzene rings is 1. The van der Waals surface area contributed by atoms with E-state index in [1.807, 2.05) is 27.7 Å². The second-order valence-electron chi connectivity index (χ2n) is 6.40. The van der Waals surface area contributed by atoms with E-state index in [0.717, 1.165) is 0 Å². The van der Waals surface area contributed by atoms with Crippen molar-refractivity contribution in [3.8, 4) is 5.75 Å². The van der Waals surface area contributed by atoms with Crippen LogP contribution in [0.25, 0.3) is 0 Å². The summed E-state index contributed by atoms with van der Waals surface area (Å²) in [5.74, 6) is 0.915. The highest BCUT2D eigenvalue weighted by molar-refractivity contribution is 6.05. The van der Waals surface area contributed by atoms with E-state index in [1.165, 1.54) is 0 Å². The van der Waals surface area contributed by atoms with Crippen LogP contribution in [0.4, 0.5) is 10.5 Å². The highest BCUT2D eigenvalue weighted by atomic mass is 16.5. The normalized spacial score (nSPS) is 12.7. The molecule has 2 amide bonds. The van der Waals surface area contributed by atoms with Crippen molar-refractivity contribution in [1.82, 2.24) is 10.6 Å². The molecule has 7 heteroatoms. The standard InChI is InChI=1S/C18H28N4O3/c1-5-20-17(24)22-16(12-15(19)18(2,3)4)21-13-7-6-8-14(11-13)25-10-9-23/h6-8,11-12,23H,5,9-10,19H2,1-4H3,(H2,20,21,22,24)/b15-12-. The number of allylic oxidation sites excluding steroid dienone is 1. The first-order chi connectivity index (χ1) is 11.8. The van der Waals surface area contributed by atoms with Gasteiger partial charge in [0.05, 0.1) is 12.3 Å². The lowest BCUT2D eigenvalue weighted by atomic mass is 9.92. The van der Waals surface area contributed by atoms with Crippen molar-refractivity contribution in [2.45, 2.75) is 27.7 Å². The van der Waals surface area contributed by atoms with Gasteiger partial charge in [-0.3, -0.25) is 5.32 Å². The number of aliphatic imine (C=N–C) groups is 1. The molecule has 0 aromatic heterocycles. The van der Waals surface area contributed by atoms with Crippen molar-refractivity contribution < 1.29 is 14.6 Å². The van der Waals surface area contributed by atoms with Crippen LogP contribution in [-0.4, -0.2) is 36.7 Å². The first kappa shape index (κ1) is 20.5. The summed E-state index contributed by atoms with van der Waals surface area (Å²) >= 11 is 0. The van der Waals surface area contributed by atoms with Crippen LogP contribution < -0.4 is 21.1 Å². The van der Waals surface area contributed by atoms with Crippen molar-refractivity contribution in [3.63, 3.8) is 0 Å². The summed E-state index contributed by atoms with van der Waals surface area (Å²) in [6.45, 7) is 8.40. The first-order valence-electron chi connectivity index (χ1n) is 8.21. The number of nitrogens with zero attached hydrogens (tertiary/aromatic N) is 1. The van der Waals surface area contributed by atoms with Gasteiger partial charge in [0.15, 0.2) is 0 Å². The number of carbonyl (C=O) groups is 1. The number of urea groups is 1. The number of amides is 2. The molecular weight excluding hydrogens is 320 g/mol. The molecule has 0 aliphatic heterocycles. The van der Waals surface area contributed by atoms with Gasteiger partial charge in [0, 0.05) is 29.8 Å². The average molecular weight is 348 g/mol. The lowest BCUT2D eigenvalue weighted by Gasteiger charge is -2.19. The van der Waals surface area contributed by atoms with Gasteiger partial charge in [-0.15, -0.1) is 0 Å². The highest BCUT2D eigenvalue weighted by Crippen LogP contribution is 2.22. The third-order valence-electron chi connectivity index (χ3n) is 3.16. The SMILES string of the molecule is CCNC(=O)NC(/C=C(\N)C(C)(C)C)=Nc1cccc(OCCO)c1. The number of nitrogens with two attached hydrogens (primary N) is 1. The number of hydrogen-bond donors (Lipinski definition) is 4.